The van der Waals surface area contributed by atoms with Gasteiger partial charge in [-0.3, -0.25) is 4.79 Å². The minimum atomic E-state index is -0.677. The van der Waals surface area contributed by atoms with Crippen molar-refractivity contribution >= 4 is 28.9 Å². The number of amides is 1. The largest absolute Gasteiger partial charge is 0.508 e. The zero-order valence-electron chi connectivity index (χ0n) is 17.7. The Morgan fingerprint density at radius 1 is 1.37 bits per heavy atom. The zero-order valence-corrected chi connectivity index (χ0v) is 17.7. The third-order valence-electron chi connectivity index (χ3n) is 5.12. The maximum atomic E-state index is 12.1. The van der Waals surface area contributed by atoms with Crippen molar-refractivity contribution in [2.75, 3.05) is 18.5 Å². The molecule has 0 saturated carbocycles. The Balaban J connectivity index is 1.66. The predicted molar refractivity (Wildman–Crippen MR) is 113 cm³/mol. The molecule has 9 nitrogen and oxygen atoms in total. The van der Waals surface area contributed by atoms with E-state index in [0.717, 1.165) is 29.7 Å². The lowest BCUT2D eigenvalue weighted by molar-refractivity contribution is -0.129. The Morgan fingerprint density at radius 2 is 2.17 bits per heavy atom. The molecular weight excluding hydrogens is 386 g/mol. The summed E-state index contributed by atoms with van der Waals surface area (Å²) in [4.78, 5) is 34.2. The summed E-state index contributed by atoms with van der Waals surface area (Å²) in [5.74, 6) is 0.674. The van der Waals surface area contributed by atoms with Crippen molar-refractivity contribution in [1.29, 1.82) is 0 Å². The number of rotatable bonds is 7. The number of piperidine rings is 1. The van der Waals surface area contributed by atoms with Gasteiger partial charge < -0.3 is 24.3 Å². The average molecular weight is 415 g/mol. The lowest BCUT2D eigenvalue weighted by atomic mass is 9.99. The van der Waals surface area contributed by atoms with E-state index in [0.29, 0.717) is 13.1 Å². The molecule has 0 unspecified atom stereocenters. The van der Waals surface area contributed by atoms with Crippen LogP contribution in [0, 0.1) is 0 Å². The third kappa shape index (κ3) is 5.08. The molecule has 3 rings (SSSR count). The molecule has 1 amide bonds. The van der Waals surface area contributed by atoms with Crippen molar-refractivity contribution in [2.24, 2.45) is 0 Å². The molecule has 0 bridgehead atoms. The first kappa shape index (κ1) is 21.6. The summed E-state index contributed by atoms with van der Waals surface area (Å²) in [5, 5.41) is 4.34. The van der Waals surface area contributed by atoms with Crippen molar-refractivity contribution in [3.8, 4) is 0 Å². The number of aromatic nitrogens is 3. The third-order valence-corrected chi connectivity index (χ3v) is 5.12. The van der Waals surface area contributed by atoms with Crippen LogP contribution >= 0.6 is 0 Å². The molecule has 162 valence electrons. The van der Waals surface area contributed by atoms with Crippen LogP contribution in [0.15, 0.2) is 31.2 Å². The van der Waals surface area contributed by atoms with E-state index < -0.39 is 6.16 Å². The lowest BCUT2D eigenvalue weighted by Gasteiger charge is -2.38. The van der Waals surface area contributed by atoms with Crippen LogP contribution in [0.3, 0.4) is 0 Å². The summed E-state index contributed by atoms with van der Waals surface area (Å²) in [7, 11) is 0. The molecule has 1 fully saturated rings. The molecule has 9 heteroatoms. The first-order valence-electron chi connectivity index (χ1n) is 10.2. The highest BCUT2D eigenvalue weighted by molar-refractivity contribution is 5.88. The minimum absolute atomic E-state index is 0.0519. The summed E-state index contributed by atoms with van der Waals surface area (Å²) < 4.78 is 12.0. The number of nitrogens with zero attached hydrogens (tertiary/aromatic N) is 4. The standard InChI is InChI=1S/C21H29N5O4/c1-5-18(27)26-12-16(7-6-15(26)4)24-19-17-8-9-25(20(17)23-13-22-19)10-11-29-21(28)30-14(2)3/h5,8-9,13-16H,1,6-7,10-12H2,2-4H3,(H,22,23,24)/t15-,16+/m0/s1. The molecule has 1 aliphatic rings. The van der Waals surface area contributed by atoms with E-state index in [1.807, 2.05) is 21.7 Å². The Labute approximate surface area is 176 Å². The van der Waals surface area contributed by atoms with Crippen LogP contribution in [0.25, 0.3) is 11.0 Å². The molecule has 0 spiro atoms. The van der Waals surface area contributed by atoms with Gasteiger partial charge in [0.05, 0.1) is 18.0 Å². The molecule has 0 radical (unpaired) electrons. The normalized spacial score (nSPS) is 19.0. The molecule has 2 aromatic heterocycles. The van der Waals surface area contributed by atoms with Crippen molar-refractivity contribution < 1.29 is 19.1 Å². The monoisotopic (exact) mass is 415 g/mol. The SMILES string of the molecule is C=CC(=O)N1C[C@H](Nc2ncnc3c2ccn3CCOC(=O)OC(C)C)CC[C@@H]1C. The predicted octanol–water partition coefficient (Wildman–Crippen LogP) is 2.97. The molecule has 1 saturated heterocycles. The number of nitrogens with one attached hydrogen (secondary N) is 1. The molecule has 30 heavy (non-hydrogen) atoms. The Bertz CT molecular complexity index is 910. The van der Waals surface area contributed by atoms with Gasteiger partial charge in [0, 0.05) is 24.8 Å². The van der Waals surface area contributed by atoms with Crippen LogP contribution in [0.4, 0.5) is 10.6 Å². The second-order valence-corrected chi connectivity index (χ2v) is 7.70. The average Bonchev–Trinajstić information content (AvgIpc) is 3.12. The van der Waals surface area contributed by atoms with Gasteiger partial charge in [-0.15, -0.1) is 0 Å². The molecule has 1 N–H and O–H groups in total. The van der Waals surface area contributed by atoms with Crippen LogP contribution in [-0.4, -0.2) is 62.8 Å². The molecule has 1 aliphatic heterocycles. The second kappa shape index (κ2) is 9.60. The van der Waals surface area contributed by atoms with Gasteiger partial charge >= 0.3 is 6.16 Å². The van der Waals surface area contributed by atoms with Gasteiger partial charge in [-0.1, -0.05) is 6.58 Å². The number of hydrogen-bond donors (Lipinski definition) is 1. The summed E-state index contributed by atoms with van der Waals surface area (Å²) in [5.41, 5.74) is 0.747. The molecule has 3 heterocycles. The molecule has 0 aromatic carbocycles. The number of hydrogen-bond acceptors (Lipinski definition) is 7. The summed E-state index contributed by atoms with van der Waals surface area (Å²) in [6.45, 7) is 10.4. The van der Waals surface area contributed by atoms with E-state index >= 15 is 0 Å². The molecule has 2 atom stereocenters. The second-order valence-electron chi connectivity index (χ2n) is 7.70. The number of likely N-dealkylation sites (tertiary alicyclic amines) is 1. The first-order chi connectivity index (χ1) is 14.4. The van der Waals surface area contributed by atoms with E-state index in [9.17, 15) is 9.59 Å². The lowest BCUT2D eigenvalue weighted by Crippen LogP contribution is -2.49. The van der Waals surface area contributed by atoms with Gasteiger partial charge in [0.2, 0.25) is 5.91 Å². The van der Waals surface area contributed by atoms with E-state index in [4.69, 9.17) is 9.47 Å². The van der Waals surface area contributed by atoms with Crippen LogP contribution in [-0.2, 0) is 20.8 Å². The number of carbonyl (C=O) groups excluding carboxylic acids is 2. The molecular formula is C21H29N5O4. The van der Waals surface area contributed by atoms with Crippen LogP contribution in [0.5, 0.6) is 0 Å². The highest BCUT2D eigenvalue weighted by Crippen LogP contribution is 2.25. The number of carbonyl (C=O) groups is 2. The summed E-state index contributed by atoms with van der Waals surface area (Å²) >= 11 is 0. The van der Waals surface area contributed by atoms with E-state index in [1.54, 1.807) is 13.8 Å². The maximum absolute atomic E-state index is 12.1. The van der Waals surface area contributed by atoms with Gasteiger partial charge in [0.1, 0.15) is 24.4 Å². The topological polar surface area (TPSA) is 98.6 Å². The van der Waals surface area contributed by atoms with Gasteiger partial charge in [-0.25, -0.2) is 14.8 Å². The van der Waals surface area contributed by atoms with Crippen LogP contribution in [0.2, 0.25) is 0 Å². The van der Waals surface area contributed by atoms with E-state index in [2.05, 4.69) is 28.8 Å². The molecule has 2 aromatic rings. The Hall–Kier alpha value is -3.10. The van der Waals surface area contributed by atoms with Crippen LogP contribution in [0.1, 0.15) is 33.6 Å². The fourth-order valence-electron chi connectivity index (χ4n) is 3.60. The van der Waals surface area contributed by atoms with Crippen molar-refractivity contribution in [2.45, 2.75) is 58.3 Å². The Kier molecular flexibility index (Phi) is 6.91. The summed E-state index contributed by atoms with van der Waals surface area (Å²) in [6, 6.07) is 2.23. The maximum Gasteiger partial charge on any atom is 0.508 e. The van der Waals surface area contributed by atoms with Gasteiger partial charge in [0.15, 0.2) is 0 Å². The fraction of sp³-hybridized carbons (Fsp3) is 0.524. The number of fused-ring (bicyclic) bond motifs is 1. The van der Waals surface area contributed by atoms with E-state index in [1.165, 1.54) is 12.4 Å². The highest BCUT2D eigenvalue weighted by Gasteiger charge is 2.28. The fourth-order valence-corrected chi connectivity index (χ4v) is 3.60. The van der Waals surface area contributed by atoms with Crippen molar-refractivity contribution in [3.05, 3.63) is 31.2 Å². The number of ether oxygens (including phenoxy) is 2. The van der Waals surface area contributed by atoms with Gasteiger partial charge in [-0.05, 0) is 45.8 Å². The molecule has 0 aliphatic carbocycles. The first-order valence-corrected chi connectivity index (χ1v) is 10.2. The smallest absolute Gasteiger partial charge is 0.432 e. The quantitative estimate of drug-likeness (QED) is 0.548. The van der Waals surface area contributed by atoms with Gasteiger partial charge in [-0.2, -0.15) is 0 Å². The minimum Gasteiger partial charge on any atom is -0.432 e. The number of anilines is 1. The summed E-state index contributed by atoms with van der Waals surface area (Å²) in [6.07, 6.45) is 5.72. The highest BCUT2D eigenvalue weighted by atomic mass is 16.7. The Morgan fingerprint density at radius 3 is 2.90 bits per heavy atom. The van der Waals surface area contributed by atoms with Crippen molar-refractivity contribution in [3.63, 3.8) is 0 Å². The van der Waals surface area contributed by atoms with Crippen LogP contribution < -0.4 is 5.32 Å². The van der Waals surface area contributed by atoms with Gasteiger partial charge in [0.25, 0.3) is 0 Å². The zero-order chi connectivity index (χ0) is 21.7. The van der Waals surface area contributed by atoms with Crippen molar-refractivity contribution in [1.82, 2.24) is 19.4 Å². The van der Waals surface area contributed by atoms with E-state index in [-0.39, 0.29) is 30.7 Å².